The Balaban J connectivity index is 2.15. The van der Waals surface area contributed by atoms with Gasteiger partial charge < -0.3 is 4.74 Å². The van der Waals surface area contributed by atoms with Gasteiger partial charge in [0.15, 0.2) is 5.75 Å². The molecule has 0 atom stereocenters. The van der Waals surface area contributed by atoms with Gasteiger partial charge in [0.1, 0.15) is 0 Å². The van der Waals surface area contributed by atoms with Crippen LogP contribution in [0, 0.1) is 22.5 Å². The van der Waals surface area contributed by atoms with E-state index in [-0.39, 0.29) is 16.0 Å². The fourth-order valence-electron chi connectivity index (χ4n) is 2.84. The van der Waals surface area contributed by atoms with Crippen molar-refractivity contribution in [2.24, 2.45) is 5.41 Å². The van der Waals surface area contributed by atoms with Gasteiger partial charge in [-0.3, -0.25) is 10.1 Å². The van der Waals surface area contributed by atoms with Crippen molar-refractivity contribution in [3.05, 3.63) is 33.9 Å². The highest BCUT2D eigenvalue weighted by molar-refractivity contribution is 7.80. The highest BCUT2D eigenvalue weighted by Crippen LogP contribution is 2.39. The molecule has 2 rings (SSSR count). The van der Waals surface area contributed by atoms with Gasteiger partial charge in [0.25, 0.3) is 0 Å². The van der Waals surface area contributed by atoms with E-state index in [1.807, 2.05) is 13.0 Å². The zero-order valence-corrected chi connectivity index (χ0v) is 12.7. The van der Waals surface area contributed by atoms with Crippen LogP contribution in [-0.4, -0.2) is 17.3 Å². The van der Waals surface area contributed by atoms with Crippen LogP contribution in [0.1, 0.15) is 37.7 Å². The van der Waals surface area contributed by atoms with Crippen molar-refractivity contribution >= 4 is 18.3 Å². The molecule has 0 aromatic heterocycles. The Morgan fingerprint density at radius 2 is 2.05 bits per heavy atom. The molecule has 0 saturated heterocycles. The number of nitro benzene ring substituents is 1. The van der Waals surface area contributed by atoms with Gasteiger partial charge in [-0.15, -0.1) is 0 Å². The number of nitro groups is 1. The molecule has 1 aromatic carbocycles. The second kappa shape index (κ2) is 6.48. The van der Waals surface area contributed by atoms with E-state index >= 15 is 0 Å². The van der Waals surface area contributed by atoms with Gasteiger partial charge in [-0.1, -0.05) is 31.4 Å². The van der Waals surface area contributed by atoms with Gasteiger partial charge in [0, 0.05) is 11.5 Å². The molecule has 0 heterocycles. The molecule has 4 nitrogen and oxygen atoms in total. The molecular weight excluding hydrogens is 274 g/mol. The molecule has 1 aliphatic rings. The molecule has 0 unspecified atom stereocenters. The van der Waals surface area contributed by atoms with Crippen LogP contribution < -0.4 is 4.74 Å². The molecule has 0 bridgehead atoms. The molecule has 20 heavy (non-hydrogen) atoms. The van der Waals surface area contributed by atoms with E-state index < -0.39 is 0 Å². The zero-order chi connectivity index (χ0) is 14.6. The van der Waals surface area contributed by atoms with Crippen LogP contribution in [0.3, 0.4) is 0 Å². The Hall–Kier alpha value is -1.23. The fraction of sp³-hybridized carbons (Fsp3) is 0.600. The molecule has 1 saturated carbocycles. The summed E-state index contributed by atoms with van der Waals surface area (Å²) in [6, 6.07) is 5.03. The first-order chi connectivity index (χ1) is 9.58. The molecule has 1 aromatic rings. The molecule has 0 amide bonds. The smallest absolute Gasteiger partial charge is 0.311 e. The topological polar surface area (TPSA) is 52.4 Å². The van der Waals surface area contributed by atoms with Crippen molar-refractivity contribution in [3.63, 3.8) is 0 Å². The third-order valence-electron chi connectivity index (χ3n) is 4.16. The van der Waals surface area contributed by atoms with Gasteiger partial charge >= 0.3 is 5.69 Å². The normalized spacial score (nSPS) is 17.7. The molecule has 110 valence electrons. The summed E-state index contributed by atoms with van der Waals surface area (Å²) >= 11 is 4.47. The van der Waals surface area contributed by atoms with Crippen molar-refractivity contribution < 1.29 is 9.66 Å². The van der Waals surface area contributed by atoms with E-state index in [1.165, 1.54) is 25.3 Å². The van der Waals surface area contributed by atoms with E-state index in [4.69, 9.17) is 4.74 Å². The Labute approximate surface area is 125 Å². The number of hydrogen-bond donors (Lipinski definition) is 1. The number of benzene rings is 1. The summed E-state index contributed by atoms with van der Waals surface area (Å²) in [5.74, 6) is 1.18. The first kappa shape index (κ1) is 15.2. The number of para-hydroxylation sites is 1. The summed E-state index contributed by atoms with van der Waals surface area (Å²) in [5.41, 5.74) is 0.928. The monoisotopic (exact) mass is 295 g/mol. The average molecular weight is 295 g/mol. The molecule has 1 fully saturated rings. The van der Waals surface area contributed by atoms with Gasteiger partial charge in [-0.25, -0.2) is 0 Å². The van der Waals surface area contributed by atoms with Gasteiger partial charge in [0.2, 0.25) is 0 Å². The standard InChI is InChI=1S/C15H21NO3S/c1-12-6-5-7-13(16(17)18)14(12)19-10-15(11-20)8-3-2-4-9-15/h5-7,20H,2-4,8-11H2,1H3. The number of ether oxygens (including phenoxy) is 1. The first-order valence-electron chi connectivity index (χ1n) is 7.06. The van der Waals surface area contributed by atoms with Crippen LogP contribution in [0.15, 0.2) is 18.2 Å². The lowest BCUT2D eigenvalue weighted by Crippen LogP contribution is -2.33. The Morgan fingerprint density at radius 3 is 2.65 bits per heavy atom. The third-order valence-corrected chi connectivity index (χ3v) is 4.83. The molecule has 5 heteroatoms. The molecule has 1 aliphatic carbocycles. The van der Waals surface area contributed by atoms with E-state index in [0.717, 1.165) is 24.2 Å². The SMILES string of the molecule is Cc1cccc([N+](=O)[O-])c1OCC1(CS)CCCCC1. The maximum Gasteiger partial charge on any atom is 0.311 e. The van der Waals surface area contributed by atoms with Gasteiger partial charge in [-0.05, 0) is 31.1 Å². The second-order valence-electron chi connectivity index (χ2n) is 5.69. The minimum atomic E-state index is -0.378. The summed E-state index contributed by atoms with van der Waals surface area (Å²) in [4.78, 5) is 10.7. The fourth-order valence-corrected chi connectivity index (χ4v) is 3.25. The van der Waals surface area contributed by atoms with Crippen LogP contribution in [0.2, 0.25) is 0 Å². The maximum absolute atomic E-state index is 11.1. The van der Waals surface area contributed by atoms with E-state index in [9.17, 15) is 10.1 Å². The minimum Gasteiger partial charge on any atom is -0.486 e. The van der Waals surface area contributed by atoms with Crippen molar-refractivity contribution in [3.8, 4) is 5.75 Å². The number of aryl methyl sites for hydroxylation is 1. The predicted molar refractivity (Wildman–Crippen MR) is 82.7 cm³/mol. The number of nitrogens with zero attached hydrogens (tertiary/aromatic N) is 1. The molecule has 0 spiro atoms. The Bertz CT molecular complexity index is 484. The number of thiol groups is 1. The highest BCUT2D eigenvalue weighted by Gasteiger charge is 2.32. The molecular formula is C15H21NO3S. The van der Waals surface area contributed by atoms with Gasteiger partial charge in [-0.2, -0.15) is 12.6 Å². The van der Waals surface area contributed by atoms with Crippen molar-refractivity contribution in [1.29, 1.82) is 0 Å². The lowest BCUT2D eigenvalue weighted by Gasteiger charge is -2.35. The maximum atomic E-state index is 11.1. The lowest BCUT2D eigenvalue weighted by atomic mass is 9.76. The minimum absolute atomic E-state index is 0.0510. The van der Waals surface area contributed by atoms with E-state index in [2.05, 4.69) is 12.6 Å². The summed E-state index contributed by atoms with van der Waals surface area (Å²) in [7, 11) is 0. The van der Waals surface area contributed by atoms with Crippen LogP contribution in [0.4, 0.5) is 5.69 Å². The van der Waals surface area contributed by atoms with Crippen molar-refractivity contribution in [1.82, 2.24) is 0 Å². The Kier molecular flexibility index (Phi) is 4.91. The summed E-state index contributed by atoms with van der Waals surface area (Å²) in [5, 5.41) is 11.1. The van der Waals surface area contributed by atoms with Gasteiger partial charge in [0.05, 0.1) is 11.5 Å². The first-order valence-corrected chi connectivity index (χ1v) is 7.69. The predicted octanol–water partition coefficient (Wildman–Crippen LogP) is 4.16. The summed E-state index contributed by atoms with van der Waals surface area (Å²) in [6.45, 7) is 2.36. The molecule has 0 aliphatic heterocycles. The molecule has 0 N–H and O–H groups in total. The Morgan fingerprint density at radius 1 is 1.35 bits per heavy atom. The largest absolute Gasteiger partial charge is 0.486 e. The second-order valence-corrected chi connectivity index (χ2v) is 6.00. The average Bonchev–Trinajstić information content (AvgIpc) is 2.46. The van der Waals surface area contributed by atoms with Crippen molar-refractivity contribution in [2.75, 3.05) is 12.4 Å². The van der Waals surface area contributed by atoms with Crippen LogP contribution in [0.5, 0.6) is 5.75 Å². The summed E-state index contributed by atoms with van der Waals surface area (Å²) in [6.07, 6.45) is 5.84. The number of rotatable bonds is 5. The van der Waals surface area contributed by atoms with E-state index in [0.29, 0.717) is 12.4 Å². The van der Waals surface area contributed by atoms with Crippen LogP contribution >= 0.6 is 12.6 Å². The molecule has 0 radical (unpaired) electrons. The number of hydrogen-bond acceptors (Lipinski definition) is 4. The summed E-state index contributed by atoms with van der Waals surface area (Å²) < 4.78 is 5.87. The third kappa shape index (κ3) is 3.26. The van der Waals surface area contributed by atoms with Crippen LogP contribution in [-0.2, 0) is 0 Å². The lowest BCUT2D eigenvalue weighted by molar-refractivity contribution is -0.386. The van der Waals surface area contributed by atoms with E-state index in [1.54, 1.807) is 6.07 Å². The zero-order valence-electron chi connectivity index (χ0n) is 11.8. The van der Waals surface area contributed by atoms with Crippen molar-refractivity contribution in [2.45, 2.75) is 39.0 Å². The quantitative estimate of drug-likeness (QED) is 0.504. The van der Waals surface area contributed by atoms with Crippen LogP contribution in [0.25, 0.3) is 0 Å². The highest BCUT2D eigenvalue weighted by atomic mass is 32.1.